The van der Waals surface area contributed by atoms with Crippen LogP contribution < -0.4 is 15.6 Å². The van der Waals surface area contributed by atoms with E-state index in [4.69, 9.17) is 9.47 Å². The van der Waals surface area contributed by atoms with E-state index in [0.717, 1.165) is 48.0 Å². The Balaban J connectivity index is 1.54. The van der Waals surface area contributed by atoms with Gasteiger partial charge in [0.25, 0.3) is 11.2 Å². The number of fused-ring (bicyclic) bond motifs is 1. The minimum atomic E-state index is -0.647. The molecule has 1 fully saturated rings. The summed E-state index contributed by atoms with van der Waals surface area (Å²) < 4.78 is 11.7. The minimum Gasteiger partial charge on any atom is -0.496 e. The van der Waals surface area contributed by atoms with Crippen LogP contribution in [-0.2, 0) is 16.1 Å². The number of nitro groups is 1. The van der Waals surface area contributed by atoms with Gasteiger partial charge in [0.15, 0.2) is 0 Å². The Morgan fingerprint density at radius 3 is 2.71 bits per heavy atom. The molecule has 3 aromatic rings. The molecule has 12 heteroatoms. The number of rotatable bonds is 7. The van der Waals surface area contributed by atoms with E-state index in [1.165, 1.54) is 31.6 Å². The molecule has 0 atom stereocenters. The summed E-state index contributed by atoms with van der Waals surface area (Å²) >= 11 is 1.09. The summed E-state index contributed by atoms with van der Waals surface area (Å²) in [5.74, 6) is -0.842. The standard InChI is InChI=1S/C23H24N4O7S/c1-13-19-21(35-20(13)23(30)34-14-6-4-3-5-7-14)24-12-26(22(19)29)11-18(28)25-16-9-8-15(33-2)10-17(16)27(31)32/h8-10,12,14H,3-7,11H2,1-2H3,(H,25,28). The van der Waals surface area contributed by atoms with Crippen LogP contribution in [0.2, 0.25) is 0 Å². The quantitative estimate of drug-likeness (QED) is 0.293. The summed E-state index contributed by atoms with van der Waals surface area (Å²) in [4.78, 5) is 54.1. The monoisotopic (exact) mass is 500 g/mol. The summed E-state index contributed by atoms with van der Waals surface area (Å²) in [5, 5.41) is 14.0. The first-order valence-electron chi connectivity index (χ1n) is 11.1. The first-order valence-corrected chi connectivity index (χ1v) is 11.9. The molecule has 4 rings (SSSR count). The minimum absolute atomic E-state index is 0.0256. The molecule has 11 nitrogen and oxygen atoms in total. The number of nitrogens with one attached hydrogen (secondary N) is 1. The summed E-state index contributed by atoms with van der Waals surface area (Å²) in [6, 6.07) is 4.02. The van der Waals surface area contributed by atoms with Crippen LogP contribution in [0.4, 0.5) is 11.4 Å². The lowest BCUT2D eigenvalue weighted by Gasteiger charge is -2.21. The molecule has 0 bridgehead atoms. The number of nitrogens with zero attached hydrogens (tertiary/aromatic N) is 3. The summed E-state index contributed by atoms with van der Waals surface area (Å²) in [5.41, 5.74) is -0.389. The molecule has 1 saturated carbocycles. The van der Waals surface area contributed by atoms with Crippen LogP contribution in [0.15, 0.2) is 29.3 Å². The molecular weight excluding hydrogens is 476 g/mol. The van der Waals surface area contributed by atoms with Gasteiger partial charge in [-0.1, -0.05) is 6.42 Å². The van der Waals surface area contributed by atoms with E-state index in [0.29, 0.717) is 15.3 Å². The molecule has 1 aromatic carbocycles. The Hall–Kier alpha value is -3.80. The van der Waals surface area contributed by atoms with Crippen molar-refractivity contribution < 1.29 is 24.0 Å². The van der Waals surface area contributed by atoms with Gasteiger partial charge in [-0.25, -0.2) is 9.78 Å². The van der Waals surface area contributed by atoms with Crippen LogP contribution in [0.1, 0.15) is 47.3 Å². The number of anilines is 1. The van der Waals surface area contributed by atoms with Crippen molar-refractivity contribution in [2.75, 3.05) is 12.4 Å². The highest BCUT2D eigenvalue weighted by molar-refractivity contribution is 7.20. The fraction of sp³-hybridized carbons (Fsp3) is 0.391. The molecule has 2 aromatic heterocycles. The summed E-state index contributed by atoms with van der Waals surface area (Å²) in [6.45, 7) is 1.24. The predicted molar refractivity (Wildman–Crippen MR) is 129 cm³/mol. The van der Waals surface area contributed by atoms with Gasteiger partial charge in [0.2, 0.25) is 5.91 Å². The SMILES string of the molecule is COc1ccc(NC(=O)Cn2cnc3sc(C(=O)OC4CCCCC4)c(C)c3c2=O)c([N+](=O)[O-])c1. The molecule has 1 N–H and O–H groups in total. The maximum atomic E-state index is 13.1. The normalized spacial score (nSPS) is 14.0. The van der Waals surface area contributed by atoms with Gasteiger partial charge in [0, 0.05) is 0 Å². The number of ether oxygens (including phenoxy) is 2. The van der Waals surface area contributed by atoms with Crippen LogP contribution in [-0.4, -0.2) is 39.6 Å². The first kappa shape index (κ1) is 24.3. The average molecular weight is 501 g/mol. The second-order valence-corrected chi connectivity index (χ2v) is 9.27. The van der Waals surface area contributed by atoms with Crippen molar-refractivity contribution in [2.45, 2.75) is 51.7 Å². The second-order valence-electron chi connectivity index (χ2n) is 8.27. The van der Waals surface area contributed by atoms with E-state index >= 15 is 0 Å². The zero-order valence-corrected chi connectivity index (χ0v) is 20.1. The zero-order chi connectivity index (χ0) is 25.1. The van der Waals surface area contributed by atoms with Gasteiger partial charge in [0.1, 0.15) is 33.8 Å². The van der Waals surface area contributed by atoms with Gasteiger partial charge in [-0.05, 0) is 50.3 Å². The van der Waals surface area contributed by atoms with Crippen LogP contribution in [0.5, 0.6) is 5.75 Å². The molecule has 2 heterocycles. The van der Waals surface area contributed by atoms with Gasteiger partial charge in [-0.15, -0.1) is 11.3 Å². The molecule has 1 amide bonds. The highest BCUT2D eigenvalue weighted by Gasteiger charge is 2.25. The number of thiophene rings is 1. The van der Waals surface area contributed by atoms with E-state index < -0.39 is 28.9 Å². The third kappa shape index (κ3) is 5.16. The summed E-state index contributed by atoms with van der Waals surface area (Å²) in [7, 11) is 1.38. The molecular formula is C23H24N4O7S. The predicted octanol–water partition coefficient (Wildman–Crippen LogP) is 3.81. The number of aromatic nitrogens is 2. The van der Waals surface area contributed by atoms with Gasteiger partial charge >= 0.3 is 5.97 Å². The lowest BCUT2D eigenvalue weighted by Crippen LogP contribution is -2.28. The van der Waals surface area contributed by atoms with Gasteiger partial charge < -0.3 is 14.8 Å². The number of hydrogen-bond donors (Lipinski definition) is 1. The Morgan fingerprint density at radius 2 is 2.03 bits per heavy atom. The number of hydrogen-bond acceptors (Lipinski definition) is 9. The topological polar surface area (TPSA) is 143 Å². The highest BCUT2D eigenvalue weighted by Crippen LogP contribution is 2.30. The van der Waals surface area contributed by atoms with E-state index in [2.05, 4.69) is 10.3 Å². The Kier molecular flexibility index (Phi) is 7.10. The van der Waals surface area contributed by atoms with E-state index in [9.17, 15) is 24.5 Å². The largest absolute Gasteiger partial charge is 0.496 e. The number of esters is 1. The Labute approximate surface area is 203 Å². The summed E-state index contributed by atoms with van der Waals surface area (Å²) in [6.07, 6.45) is 5.97. The van der Waals surface area contributed by atoms with E-state index in [1.807, 2.05) is 0 Å². The molecule has 184 valence electrons. The smallest absolute Gasteiger partial charge is 0.348 e. The van der Waals surface area contributed by atoms with Crippen LogP contribution in [0.3, 0.4) is 0 Å². The second kappa shape index (κ2) is 10.2. The third-order valence-corrected chi connectivity index (χ3v) is 7.10. The Morgan fingerprint density at radius 1 is 1.29 bits per heavy atom. The van der Waals surface area contributed by atoms with Crippen molar-refractivity contribution in [3.05, 3.63) is 55.4 Å². The van der Waals surface area contributed by atoms with Gasteiger partial charge in [-0.3, -0.25) is 24.3 Å². The molecule has 0 spiro atoms. The number of benzene rings is 1. The van der Waals surface area contributed by atoms with Gasteiger partial charge in [-0.2, -0.15) is 0 Å². The average Bonchev–Trinajstić information content (AvgIpc) is 3.18. The molecule has 1 aliphatic rings. The molecule has 0 unspecified atom stereocenters. The highest BCUT2D eigenvalue weighted by atomic mass is 32.1. The van der Waals surface area contributed by atoms with Crippen molar-refractivity contribution in [1.82, 2.24) is 9.55 Å². The third-order valence-electron chi connectivity index (χ3n) is 5.92. The van der Waals surface area contributed by atoms with Crippen molar-refractivity contribution >= 4 is 44.8 Å². The lowest BCUT2D eigenvalue weighted by atomic mass is 9.98. The number of carbonyl (C=O) groups is 2. The maximum absolute atomic E-state index is 13.1. The van der Waals surface area contributed by atoms with Crippen molar-refractivity contribution in [3.8, 4) is 5.75 Å². The fourth-order valence-corrected chi connectivity index (χ4v) is 5.12. The number of carbonyl (C=O) groups excluding carboxylic acids is 2. The van der Waals surface area contributed by atoms with Gasteiger partial charge in [0.05, 0.1) is 29.8 Å². The fourth-order valence-electron chi connectivity index (χ4n) is 4.09. The van der Waals surface area contributed by atoms with Crippen LogP contribution in [0.25, 0.3) is 10.2 Å². The number of methoxy groups -OCH3 is 1. The van der Waals surface area contributed by atoms with Crippen molar-refractivity contribution in [1.29, 1.82) is 0 Å². The van der Waals surface area contributed by atoms with Crippen molar-refractivity contribution in [3.63, 3.8) is 0 Å². The van der Waals surface area contributed by atoms with E-state index in [-0.39, 0.29) is 28.6 Å². The molecule has 35 heavy (non-hydrogen) atoms. The Bertz CT molecular complexity index is 1360. The zero-order valence-electron chi connectivity index (χ0n) is 19.2. The van der Waals surface area contributed by atoms with E-state index in [1.54, 1.807) is 6.92 Å². The maximum Gasteiger partial charge on any atom is 0.348 e. The molecule has 0 saturated heterocycles. The number of aryl methyl sites for hydroxylation is 1. The lowest BCUT2D eigenvalue weighted by molar-refractivity contribution is -0.384. The number of amides is 1. The molecule has 1 aliphatic carbocycles. The van der Waals surface area contributed by atoms with Crippen LogP contribution in [0, 0.1) is 17.0 Å². The number of nitro benzene ring substituents is 1. The first-order chi connectivity index (χ1) is 16.8. The molecule has 0 aliphatic heterocycles. The van der Waals surface area contributed by atoms with Crippen molar-refractivity contribution in [2.24, 2.45) is 0 Å². The van der Waals surface area contributed by atoms with Crippen LogP contribution >= 0.6 is 11.3 Å². The molecule has 0 radical (unpaired) electrons.